The van der Waals surface area contributed by atoms with Gasteiger partial charge >= 0.3 is 0 Å². The largest absolute Gasteiger partial charge is 0.467 e. The Morgan fingerprint density at radius 3 is 2.70 bits per heavy atom. The van der Waals surface area contributed by atoms with E-state index in [0.29, 0.717) is 23.9 Å². The highest BCUT2D eigenvalue weighted by Gasteiger charge is 2.26. The van der Waals surface area contributed by atoms with Crippen molar-refractivity contribution in [2.45, 2.75) is 13.5 Å². The van der Waals surface area contributed by atoms with Crippen LogP contribution in [0.15, 0.2) is 47.1 Å². The number of carbonyl (C=O) groups is 2. The second-order valence-electron chi connectivity index (χ2n) is 5.46. The van der Waals surface area contributed by atoms with Crippen LogP contribution >= 0.6 is 11.8 Å². The topological polar surface area (TPSA) is 53.8 Å². The highest BCUT2D eigenvalue weighted by atomic mass is 32.2. The zero-order valence-electron chi connectivity index (χ0n) is 12.9. The summed E-state index contributed by atoms with van der Waals surface area (Å²) in [6.07, 6.45) is 1.59. The molecule has 1 aromatic heterocycles. The summed E-state index contributed by atoms with van der Waals surface area (Å²) >= 11 is 1.53. The minimum atomic E-state index is -0.110. The molecule has 2 amide bonds. The van der Waals surface area contributed by atoms with Gasteiger partial charge in [0.2, 0.25) is 11.8 Å². The van der Waals surface area contributed by atoms with Gasteiger partial charge in [-0.25, -0.2) is 0 Å². The van der Waals surface area contributed by atoms with Crippen LogP contribution in [0.2, 0.25) is 0 Å². The molecule has 23 heavy (non-hydrogen) atoms. The van der Waals surface area contributed by atoms with Gasteiger partial charge in [0.25, 0.3) is 0 Å². The summed E-state index contributed by atoms with van der Waals surface area (Å²) in [5.74, 6) is 1.65. The number of benzene rings is 1. The molecule has 0 radical (unpaired) electrons. The molecule has 0 spiro atoms. The molecule has 5 nitrogen and oxygen atoms in total. The molecule has 6 heteroatoms. The number of anilines is 1. The third kappa shape index (κ3) is 3.76. The molecular weight excluding hydrogens is 312 g/mol. The van der Waals surface area contributed by atoms with E-state index in [1.54, 1.807) is 22.1 Å². The van der Waals surface area contributed by atoms with Crippen LogP contribution in [0.1, 0.15) is 11.3 Å². The van der Waals surface area contributed by atoms with Crippen molar-refractivity contribution >= 4 is 29.3 Å². The summed E-state index contributed by atoms with van der Waals surface area (Å²) in [6.45, 7) is 2.45. The maximum absolute atomic E-state index is 12.7. The summed E-state index contributed by atoms with van der Waals surface area (Å²) in [6, 6.07) is 11.4. The molecule has 3 rings (SSSR count). The van der Waals surface area contributed by atoms with E-state index in [2.05, 4.69) is 0 Å². The van der Waals surface area contributed by atoms with Gasteiger partial charge < -0.3 is 14.2 Å². The van der Waals surface area contributed by atoms with Crippen LogP contribution in [-0.4, -0.2) is 34.9 Å². The lowest BCUT2D eigenvalue weighted by Gasteiger charge is -2.24. The van der Waals surface area contributed by atoms with E-state index in [-0.39, 0.29) is 18.4 Å². The Kier molecular flexibility index (Phi) is 4.71. The van der Waals surface area contributed by atoms with Crippen molar-refractivity contribution in [3.05, 3.63) is 54.0 Å². The standard InChI is InChI=1S/C17H18N2O3S/c1-13-4-6-14(7-5-13)19(9-15-3-2-8-22-15)16(20)10-18-12-23-11-17(18)21/h2-8H,9-12H2,1H3. The molecule has 1 aliphatic rings. The molecule has 1 fully saturated rings. The lowest BCUT2D eigenvalue weighted by molar-refractivity contribution is -0.131. The first-order valence-corrected chi connectivity index (χ1v) is 8.54. The molecule has 0 saturated carbocycles. The fraction of sp³-hybridized carbons (Fsp3) is 0.294. The first-order valence-electron chi connectivity index (χ1n) is 7.38. The average molecular weight is 330 g/mol. The quantitative estimate of drug-likeness (QED) is 0.846. The van der Waals surface area contributed by atoms with E-state index >= 15 is 0 Å². The van der Waals surface area contributed by atoms with Crippen molar-refractivity contribution in [3.8, 4) is 0 Å². The molecule has 0 unspecified atom stereocenters. The van der Waals surface area contributed by atoms with E-state index in [4.69, 9.17) is 4.42 Å². The first-order chi connectivity index (χ1) is 11.1. The van der Waals surface area contributed by atoms with Crippen molar-refractivity contribution in [2.24, 2.45) is 0 Å². The number of amides is 2. The number of furan rings is 1. The van der Waals surface area contributed by atoms with Gasteiger partial charge in [-0.2, -0.15) is 0 Å². The summed E-state index contributed by atoms with van der Waals surface area (Å²) in [5, 5.41) is 0. The molecule has 0 N–H and O–H groups in total. The minimum Gasteiger partial charge on any atom is -0.467 e. The molecule has 1 aliphatic heterocycles. The predicted octanol–water partition coefficient (Wildman–Crippen LogP) is 2.65. The molecular formula is C17H18N2O3S. The van der Waals surface area contributed by atoms with Gasteiger partial charge in [0.1, 0.15) is 12.3 Å². The lowest BCUT2D eigenvalue weighted by Crippen LogP contribution is -2.40. The highest BCUT2D eigenvalue weighted by Crippen LogP contribution is 2.21. The van der Waals surface area contributed by atoms with Crippen molar-refractivity contribution in [2.75, 3.05) is 23.1 Å². The summed E-state index contributed by atoms with van der Waals surface area (Å²) < 4.78 is 5.37. The van der Waals surface area contributed by atoms with Crippen LogP contribution in [0.3, 0.4) is 0 Å². The van der Waals surface area contributed by atoms with Crippen molar-refractivity contribution in [1.29, 1.82) is 0 Å². The van der Waals surface area contributed by atoms with Gasteiger partial charge in [-0.3, -0.25) is 9.59 Å². The van der Waals surface area contributed by atoms with Crippen LogP contribution in [-0.2, 0) is 16.1 Å². The highest BCUT2D eigenvalue weighted by molar-refractivity contribution is 8.00. The van der Waals surface area contributed by atoms with Crippen LogP contribution in [0.5, 0.6) is 0 Å². The van der Waals surface area contributed by atoms with Crippen LogP contribution in [0.25, 0.3) is 0 Å². The second-order valence-corrected chi connectivity index (χ2v) is 6.42. The fourth-order valence-electron chi connectivity index (χ4n) is 2.40. The molecule has 2 heterocycles. The number of hydrogen-bond donors (Lipinski definition) is 0. The Labute approximate surface area is 139 Å². The number of hydrogen-bond acceptors (Lipinski definition) is 4. The van der Waals surface area contributed by atoms with Crippen LogP contribution < -0.4 is 4.90 Å². The van der Waals surface area contributed by atoms with Crippen molar-refractivity contribution in [1.82, 2.24) is 4.90 Å². The Bertz CT molecular complexity index is 682. The van der Waals surface area contributed by atoms with E-state index < -0.39 is 0 Å². The molecule has 120 valence electrons. The molecule has 0 bridgehead atoms. The maximum Gasteiger partial charge on any atom is 0.247 e. The van der Waals surface area contributed by atoms with E-state index in [9.17, 15) is 9.59 Å². The van der Waals surface area contributed by atoms with E-state index in [1.807, 2.05) is 37.3 Å². The fourth-order valence-corrected chi connectivity index (χ4v) is 3.30. The number of thioether (sulfide) groups is 1. The Hall–Kier alpha value is -2.21. The van der Waals surface area contributed by atoms with Crippen LogP contribution in [0.4, 0.5) is 5.69 Å². The van der Waals surface area contributed by atoms with Gasteiger partial charge in [-0.05, 0) is 31.2 Å². The van der Waals surface area contributed by atoms with Gasteiger partial charge in [0.15, 0.2) is 0 Å². The summed E-state index contributed by atoms with van der Waals surface area (Å²) in [4.78, 5) is 27.7. The number of carbonyl (C=O) groups excluding carboxylic acids is 2. The third-order valence-electron chi connectivity index (χ3n) is 3.69. The summed E-state index contributed by atoms with van der Waals surface area (Å²) in [7, 11) is 0. The zero-order chi connectivity index (χ0) is 16.2. The van der Waals surface area contributed by atoms with Gasteiger partial charge in [-0.1, -0.05) is 17.7 Å². The van der Waals surface area contributed by atoms with E-state index in [1.165, 1.54) is 11.8 Å². The normalized spacial score (nSPS) is 14.3. The SMILES string of the molecule is Cc1ccc(N(Cc2ccco2)C(=O)CN2CSCC2=O)cc1. The smallest absolute Gasteiger partial charge is 0.247 e. The number of aryl methyl sites for hydroxylation is 1. The van der Waals surface area contributed by atoms with Gasteiger partial charge in [-0.15, -0.1) is 11.8 Å². The minimum absolute atomic E-state index is 0.0187. The van der Waals surface area contributed by atoms with Crippen molar-refractivity contribution in [3.63, 3.8) is 0 Å². The Balaban J connectivity index is 1.80. The lowest BCUT2D eigenvalue weighted by atomic mass is 10.2. The maximum atomic E-state index is 12.7. The van der Waals surface area contributed by atoms with Gasteiger partial charge in [0, 0.05) is 5.69 Å². The predicted molar refractivity (Wildman–Crippen MR) is 90.1 cm³/mol. The van der Waals surface area contributed by atoms with Crippen LogP contribution in [0, 0.1) is 6.92 Å². The van der Waals surface area contributed by atoms with Gasteiger partial charge in [0.05, 0.1) is 24.4 Å². The monoisotopic (exact) mass is 330 g/mol. The number of nitrogens with zero attached hydrogens (tertiary/aromatic N) is 2. The number of rotatable bonds is 5. The molecule has 0 aliphatic carbocycles. The first kappa shape index (κ1) is 15.7. The molecule has 0 atom stereocenters. The summed E-state index contributed by atoms with van der Waals surface area (Å²) in [5.41, 5.74) is 1.93. The second kappa shape index (κ2) is 6.91. The Morgan fingerprint density at radius 1 is 1.30 bits per heavy atom. The average Bonchev–Trinajstić information content (AvgIpc) is 3.18. The molecule has 1 aromatic carbocycles. The molecule has 2 aromatic rings. The molecule has 1 saturated heterocycles. The van der Waals surface area contributed by atoms with E-state index in [0.717, 1.165) is 11.3 Å². The third-order valence-corrected chi connectivity index (χ3v) is 4.64. The zero-order valence-corrected chi connectivity index (χ0v) is 13.7. The Morgan fingerprint density at radius 2 is 2.09 bits per heavy atom. The van der Waals surface area contributed by atoms with Crippen molar-refractivity contribution < 1.29 is 14.0 Å².